The van der Waals surface area contributed by atoms with Gasteiger partial charge in [-0.1, -0.05) is 30.3 Å². The fourth-order valence-corrected chi connectivity index (χ4v) is 2.03. The van der Waals surface area contributed by atoms with Gasteiger partial charge in [-0.3, -0.25) is 4.79 Å². The molecule has 0 aliphatic carbocycles. The fourth-order valence-electron chi connectivity index (χ4n) is 1.26. The summed E-state index contributed by atoms with van der Waals surface area (Å²) in [6.45, 7) is 0. The van der Waals surface area contributed by atoms with Crippen molar-refractivity contribution in [2.75, 3.05) is 0 Å². The number of benzene rings is 1. The van der Waals surface area contributed by atoms with E-state index in [0.717, 1.165) is 22.3 Å². The van der Waals surface area contributed by atoms with Crippen molar-refractivity contribution in [3.63, 3.8) is 0 Å². The van der Waals surface area contributed by atoms with Crippen LogP contribution in [-0.2, 0) is 0 Å². The lowest BCUT2D eigenvalue weighted by Gasteiger charge is -1.99. The molecule has 0 aliphatic heterocycles. The van der Waals surface area contributed by atoms with Gasteiger partial charge in [0.05, 0.1) is 0 Å². The first-order valence-electron chi connectivity index (χ1n) is 4.00. The fraction of sp³-hybridized carbons (Fsp3) is 0. The summed E-state index contributed by atoms with van der Waals surface area (Å²) < 4.78 is 0. The molecule has 2 heteroatoms. The van der Waals surface area contributed by atoms with Gasteiger partial charge in [-0.2, -0.15) is 0 Å². The van der Waals surface area contributed by atoms with E-state index in [0.29, 0.717) is 0 Å². The van der Waals surface area contributed by atoms with Gasteiger partial charge in [0.2, 0.25) is 0 Å². The quantitative estimate of drug-likeness (QED) is 0.661. The van der Waals surface area contributed by atoms with Crippen LogP contribution in [0.5, 0.6) is 0 Å². The van der Waals surface area contributed by atoms with Crippen molar-refractivity contribution >= 4 is 17.6 Å². The van der Waals surface area contributed by atoms with Crippen LogP contribution < -0.4 is 0 Å². The molecule has 0 bridgehead atoms. The minimum atomic E-state index is 0.755. The van der Waals surface area contributed by atoms with Crippen LogP contribution in [0.25, 0.3) is 10.4 Å². The van der Waals surface area contributed by atoms with Gasteiger partial charge in [-0.15, -0.1) is 11.3 Å². The number of hydrogen-bond donors (Lipinski definition) is 0. The predicted octanol–water partition coefficient (Wildman–Crippen LogP) is 3.23. The van der Waals surface area contributed by atoms with E-state index in [2.05, 4.69) is 0 Å². The first-order chi connectivity index (χ1) is 6.42. The number of rotatable bonds is 2. The number of carbonyl (C=O) groups is 1. The molecule has 0 atom stereocenters. The lowest BCUT2D eigenvalue weighted by Crippen LogP contribution is -1.83. The van der Waals surface area contributed by atoms with Gasteiger partial charge in [0, 0.05) is 16.0 Å². The summed E-state index contributed by atoms with van der Waals surface area (Å²) >= 11 is 1.65. The van der Waals surface area contributed by atoms with Crippen LogP contribution in [-0.4, -0.2) is 6.29 Å². The second-order valence-electron chi connectivity index (χ2n) is 2.68. The second-order valence-corrected chi connectivity index (χ2v) is 3.63. The van der Waals surface area contributed by atoms with E-state index < -0.39 is 0 Å². The van der Waals surface area contributed by atoms with Crippen molar-refractivity contribution in [1.82, 2.24) is 0 Å². The van der Waals surface area contributed by atoms with Gasteiger partial charge < -0.3 is 0 Å². The van der Waals surface area contributed by atoms with Gasteiger partial charge in [0.25, 0.3) is 0 Å². The third-order valence-electron chi connectivity index (χ3n) is 1.87. The number of aldehydes is 1. The Hall–Kier alpha value is -1.41. The summed E-state index contributed by atoms with van der Waals surface area (Å²) in [5.41, 5.74) is 1.78. The molecular formula is C11H8OS. The third kappa shape index (κ3) is 1.53. The molecule has 0 amide bonds. The van der Waals surface area contributed by atoms with Crippen molar-refractivity contribution in [3.8, 4) is 10.4 Å². The zero-order valence-electron chi connectivity index (χ0n) is 6.94. The Bertz CT molecular complexity index is 404. The molecule has 0 N–H and O–H groups in total. The third-order valence-corrected chi connectivity index (χ3v) is 2.78. The summed E-state index contributed by atoms with van der Waals surface area (Å²) in [6.07, 6.45) is 0.898. The molecule has 0 radical (unpaired) electrons. The van der Waals surface area contributed by atoms with Crippen molar-refractivity contribution in [3.05, 3.63) is 47.3 Å². The van der Waals surface area contributed by atoms with Gasteiger partial charge in [0.15, 0.2) is 6.29 Å². The highest BCUT2D eigenvalue weighted by Gasteiger charge is 2.02. The average molecular weight is 188 g/mol. The second kappa shape index (κ2) is 3.54. The number of carbonyl (C=O) groups excluding carboxylic acids is 1. The van der Waals surface area contributed by atoms with Gasteiger partial charge >= 0.3 is 0 Å². The highest BCUT2D eigenvalue weighted by atomic mass is 32.1. The smallest absolute Gasteiger partial charge is 0.150 e. The molecule has 1 heterocycles. The molecule has 0 aliphatic rings. The highest BCUT2D eigenvalue weighted by Crippen LogP contribution is 2.26. The molecule has 13 heavy (non-hydrogen) atoms. The van der Waals surface area contributed by atoms with E-state index in [9.17, 15) is 4.79 Å². The SMILES string of the molecule is O=Cc1ccccc1-c1cccs1. The monoisotopic (exact) mass is 188 g/mol. The largest absolute Gasteiger partial charge is 0.298 e. The maximum atomic E-state index is 10.7. The lowest BCUT2D eigenvalue weighted by atomic mass is 10.1. The minimum absolute atomic E-state index is 0.755. The van der Waals surface area contributed by atoms with E-state index in [-0.39, 0.29) is 0 Å². The normalized spacial score (nSPS) is 9.85. The molecular weight excluding hydrogens is 180 g/mol. The van der Waals surface area contributed by atoms with Crippen LogP contribution in [0, 0.1) is 0 Å². The molecule has 2 rings (SSSR count). The molecule has 1 aromatic carbocycles. The Labute approximate surface area is 80.7 Å². The molecule has 0 saturated carbocycles. The van der Waals surface area contributed by atoms with Gasteiger partial charge in [0.1, 0.15) is 0 Å². The standard InChI is InChI=1S/C11H8OS/c12-8-9-4-1-2-5-10(9)11-6-3-7-13-11/h1-8H. The highest BCUT2D eigenvalue weighted by molar-refractivity contribution is 7.13. The molecule has 1 aromatic heterocycles. The molecule has 64 valence electrons. The van der Waals surface area contributed by atoms with Crippen LogP contribution in [0.2, 0.25) is 0 Å². The Morgan fingerprint density at radius 1 is 1.08 bits per heavy atom. The Morgan fingerprint density at radius 3 is 2.62 bits per heavy atom. The summed E-state index contributed by atoms with van der Waals surface area (Å²) in [7, 11) is 0. The maximum Gasteiger partial charge on any atom is 0.150 e. The number of hydrogen-bond acceptors (Lipinski definition) is 2. The van der Waals surface area contributed by atoms with Crippen molar-refractivity contribution < 1.29 is 4.79 Å². The molecule has 1 nitrogen and oxygen atoms in total. The maximum absolute atomic E-state index is 10.7. The van der Waals surface area contributed by atoms with Crippen LogP contribution in [0.15, 0.2) is 41.8 Å². The molecule has 2 aromatic rings. The Balaban J connectivity index is 2.57. The zero-order valence-corrected chi connectivity index (χ0v) is 7.75. The van der Waals surface area contributed by atoms with Crippen molar-refractivity contribution in [1.29, 1.82) is 0 Å². The van der Waals surface area contributed by atoms with Crippen molar-refractivity contribution in [2.24, 2.45) is 0 Å². The lowest BCUT2D eigenvalue weighted by molar-refractivity contribution is 0.112. The van der Waals surface area contributed by atoms with E-state index in [1.807, 2.05) is 41.8 Å². The van der Waals surface area contributed by atoms with Crippen LogP contribution in [0.3, 0.4) is 0 Å². The van der Waals surface area contributed by atoms with E-state index >= 15 is 0 Å². The van der Waals surface area contributed by atoms with Gasteiger partial charge in [-0.05, 0) is 11.4 Å². The zero-order chi connectivity index (χ0) is 9.10. The Kier molecular flexibility index (Phi) is 2.23. The summed E-state index contributed by atoms with van der Waals surface area (Å²) in [5, 5.41) is 2.01. The van der Waals surface area contributed by atoms with Gasteiger partial charge in [-0.25, -0.2) is 0 Å². The Morgan fingerprint density at radius 2 is 1.92 bits per heavy atom. The molecule has 0 spiro atoms. The molecule has 0 fully saturated rings. The van der Waals surface area contributed by atoms with E-state index in [1.165, 1.54) is 0 Å². The van der Waals surface area contributed by atoms with E-state index in [1.54, 1.807) is 11.3 Å². The first-order valence-corrected chi connectivity index (χ1v) is 4.88. The summed E-state index contributed by atoms with van der Waals surface area (Å²) in [4.78, 5) is 11.9. The minimum Gasteiger partial charge on any atom is -0.298 e. The summed E-state index contributed by atoms with van der Waals surface area (Å²) in [6, 6.07) is 11.6. The molecule has 0 unspecified atom stereocenters. The average Bonchev–Trinajstić information content (AvgIpc) is 2.70. The van der Waals surface area contributed by atoms with Crippen molar-refractivity contribution in [2.45, 2.75) is 0 Å². The first kappa shape index (κ1) is 8.20. The van der Waals surface area contributed by atoms with Crippen LogP contribution in [0.4, 0.5) is 0 Å². The van der Waals surface area contributed by atoms with E-state index in [4.69, 9.17) is 0 Å². The van der Waals surface area contributed by atoms with Crippen LogP contribution >= 0.6 is 11.3 Å². The molecule has 0 saturated heterocycles. The van der Waals surface area contributed by atoms with Crippen LogP contribution in [0.1, 0.15) is 10.4 Å². The topological polar surface area (TPSA) is 17.1 Å². The number of thiophene rings is 1. The predicted molar refractivity (Wildman–Crippen MR) is 55.1 cm³/mol. The summed E-state index contributed by atoms with van der Waals surface area (Å²) in [5.74, 6) is 0.